The van der Waals surface area contributed by atoms with Crippen LogP contribution >= 0.6 is 54.2 Å². The van der Waals surface area contributed by atoms with E-state index in [1.54, 1.807) is 0 Å². The van der Waals surface area contributed by atoms with Crippen LogP contribution in [-0.4, -0.2) is 38.4 Å². The number of rotatable bonds is 7. The molecule has 0 aliphatic rings. The van der Waals surface area contributed by atoms with Crippen molar-refractivity contribution in [2.75, 3.05) is 11.8 Å². The second-order valence-corrected chi connectivity index (χ2v) is 5.78. The lowest BCUT2D eigenvalue weighted by Gasteiger charge is -2.22. The summed E-state index contributed by atoms with van der Waals surface area (Å²) < 4.78 is 15.1. The van der Waals surface area contributed by atoms with Crippen LogP contribution in [0.5, 0.6) is 0 Å². The van der Waals surface area contributed by atoms with Crippen LogP contribution in [0, 0.1) is 0 Å². The van der Waals surface area contributed by atoms with Gasteiger partial charge in [-0.05, 0) is 6.42 Å². The van der Waals surface area contributed by atoms with E-state index in [4.69, 9.17) is 56.2 Å². The number of hydrogen-bond donors (Lipinski definition) is 2. The van der Waals surface area contributed by atoms with Gasteiger partial charge in [0.15, 0.2) is 0 Å². The minimum atomic E-state index is -4.60. The average molecular weight is 320 g/mol. The summed E-state index contributed by atoms with van der Waals surface area (Å²) in [5, 5.41) is -1.21. The highest BCUT2D eigenvalue weighted by atomic mass is 35.5. The number of halogens is 4. The molecular formula is C6H11Cl4O4P. The van der Waals surface area contributed by atoms with Crippen molar-refractivity contribution >= 4 is 54.2 Å². The second-order valence-electron chi connectivity index (χ2n) is 2.79. The van der Waals surface area contributed by atoms with Gasteiger partial charge in [0.2, 0.25) is 0 Å². The molecule has 0 aliphatic carbocycles. The largest absolute Gasteiger partial charge is 0.469 e. The lowest BCUT2D eigenvalue weighted by Crippen LogP contribution is -2.28. The molecule has 9 heteroatoms. The molecule has 0 rings (SSSR count). The van der Waals surface area contributed by atoms with Crippen molar-refractivity contribution in [1.82, 2.24) is 0 Å². The first-order chi connectivity index (χ1) is 6.80. The third-order valence-electron chi connectivity index (χ3n) is 1.48. The Morgan fingerprint density at radius 2 is 1.73 bits per heavy atom. The molecule has 15 heavy (non-hydrogen) atoms. The maximum atomic E-state index is 10.6. The molecule has 0 amide bonds. The first-order valence-corrected chi connectivity index (χ1v) is 7.41. The molecule has 0 radical (unpaired) electrons. The van der Waals surface area contributed by atoms with Gasteiger partial charge in [-0.2, -0.15) is 0 Å². The molecule has 0 spiro atoms. The van der Waals surface area contributed by atoms with Gasteiger partial charge in [-0.3, -0.25) is 4.52 Å². The molecule has 0 bridgehead atoms. The predicted molar refractivity (Wildman–Crippen MR) is 62.3 cm³/mol. The Balaban J connectivity index is 4.38. The first kappa shape index (κ1) is 16.3. The second kappa shape index (κ2) is 7.57. The molecule has 0 aromatic heterocycles. The number of phosphoric ester groups is 1. The average Bonchev–Trinajstić information content (AvgIpc) is 2.13. The van der Waals surface area contributed by atoms with Crippen molar-refractivity contribution in [3.8, 4) is 0 Å². The van der Waals surface area contributed by atoms with Crippen molar-refractivity contribution in [3.63, 3.8) is 0 Å². The van der Waals surface area contributed by atoms with E-state index >= 15 is 0 Å². The van der Waals surface area contributed by atoms with Gasteiger partial charge in [-0.25, -0.2) is 4.57 Å². The zero-order chi connectivity index (χ0) is 12.1. The normalized spacial score (nSPS) is 18.5. The molecule has 0 fully saturated rings. The van der Waals surface area contributed by atoms with E-state index in [9.17, 15) is 4.57 Å². The Hall–Kier alpha value is 1.27. The van der Waals surface area contributed by atoms with Gasteiger partial charge in [-0.15, -0.1) is 46.4 Å². The molecule has 3 atom stereocenters. The smallest absolute Gasteiger partial charge is 0.303 e. The third-order valence-corrected chi connectivity index (χ3v) is 3.81. The molecule has 3 unspecified atom stereocenters. The zero-order valence-electron chi connectivity index (χ0n) is 7.52. The summed E-state index contributed by atoms with van der Waals surface area (Å²) in [5.41, 5.74) is 0. The van der Waals surface area contributed by atoms with Crippen LogP contribution in [0.4, 0.5) is 0 Å². The van der Waals surface area contributed by atoms with E-state index in [0.29, 0.717) is 0 Å². The van der Waals surface area contributed by atoms with Gasteiger partial charge in [0, 0.05) is 17.1 Å². The fourth-order valence-corrected chi connectivity index (χ4v) is 2.16. The fourth-order valence-electron chi connectivity index (χ4n) is 0.848. The zero-order valence-corrected chi connectivity index (χ0v) is 11.4. The maximum absolute atomic E-state index is 10.6. The van der Waals surface area contributed by atoms with Gasteiger partial charge in [-0.1, -0.05) is 0 Å². The standard InChI is InChI=1S/C6H11Cl4O4P/c7-2-4(9)1-6(5(10)3-8)14-15(11,12)13/h4-6H,1-3H2,(H2,11,12,13). The van der Waals surface area contributed by atoms with E-state index in [2.05, 4.69) is 4.52 Å². The Morgan fingerprint density at radius 3 is 2.07 bits per heavy atom. The van der Waals surface area contributed by atoms with Gasteiger partial charge in [0.1, 0.15) is 0 Å². The van der Waals surface area contributed by atoms with Gasteiger partial charge < -0.3 is 9.79 Å². The predicted octanol–water partition coefficient (Wildman–Crippen LogP) is 2.55. The van der Waals surface area contributed by atoms with Crippen molar-refractivity contribution in [2.45, 2.75) is 23.3 Å². The van der Waals surface area contributed by atoms with E-state index in [-0.39, 0.29) is 18.2 Å². The summed E-state index contributed by atoms with van der Waals surface area (Å²) >= 11 is 22.4. The van der Waals surface area contributed by atoms with Crippen molar-refractivity contribution in [1.29, 1.82) is 0 Å². The Kier molecular flexibility index (Phi) is 8.21. The summed E-state index contributed by atoms with van der Waals surface area (Å²) in [6.07, 6.45) is -0.803. The number of alkyl halides is 4. The summed E-state index contributed by atoms with van der Waals surface area (Å²) in [4.78, 5) is 17.3. The van der Waals surface area contributed by atoms with Gasteiger partial charge >= 0.3 is 7.82 Å². The molecule has 0 aliphatic heterocycles. The molecule has 92 valence electrons. The monoisotopic (exact) mass is 318 g/mol. The quantitative estimate of drug-likeness (QED) is 0.559. The highest BCUT2D eigenvalue weighted by molar-refractivity contribution is 7.46. The van der Waals surface area contributed by atoms with Gasteiger partial charge in [0.05, 0.1) is 11.5 Å². The van der Waals surface area contributed by atoms with E-state index in [1.165, 1.54) is 0 Å². The van der Waals surface area contributed by atoms with Crippen molar-refractivity contribution < 1.29 is 18.9 Å². The topological polar surface area (TPSA) is 66.8 Å². The van der Waals surface area contributed by atoms with Gasteiger partial charge in [0.25, 0.3) is 0 Å². The minimum Gasteiger partial charge on any atom is -0.303 e. The summed E-state index contributed by atoms with van der Waals surface area (Å²) in [5.74, 6) is 0.132. The van der Waals surface area contributed by atoms with Crippen LogP contribution < -0.4 is 0 Å². The molecule has 2 N–H and O–H groups in total. The third kappa shape index (κ3) is 8.06. The fraction of sp³-hybridized carbons (Fsp3) is 1.00. The number of hydrogen-bond acceptors (Lipinski definition) is 2. The van der Waals surface area contributed by atoms with Crippen LogP contribution in [0.3, 0.4) is 0 Å². The Morgan fingerprint density at radius 1 is 1.20 bits per heavy atom. The van der Waals surface area contributed by atoms with Crippen LogP contribution in [0.1, 0.15) is 6.42 Å². The Bertz CT molecular complexity index is 223. The molecule has 0 heterocycles. The van der Waals surface area contributed by atoms with E-state index in [0.717, 1.165) is 0 Å². The van der Waals surface area contributed by atoms with Crippen LogP contribution in [0.25, 0.3) is 0 Å². The molecule has 0 saturated carbocycles. The van der Waals surface area contributed by atoms with Crippen LogP contribution in [-0.2, 0) is 9.09 Å². The first-order valence-electron chi connectivity index (χ1n) is 3.94. The van der Waals surface area contributed by atoms with Crippen molar-refractivity contribution in [3.05, 3.63) is 0 Å². The summed E-state index contributed by atoms with van der Waals surface area (Å²) in [6, 6.07) is 0. The van der Waals surface area contributed by atoms with Crippen molar-refractivity contribution in [2.24, 2.45) is 0 Å². The van der Waals surface area contributed by atoms with Crippen LogP contribution in [0.15, 0.2) is 0 Å². The lowest BCUT2D eigenvalue weighted by atomic mass is 10.1. The summed E-state index contributed by atoms with van der Waals surface area (Å²) in [7, 11) is -4.60. The number of phosphoric acid groups is 1. The molecule has 0 aromatic rings. The van der Waals surface area contributed by atoms with E-state index < -0.39 is 24.7 Å². The van der Waals surface area contributed by atoms with E-state index in [1.807, 2.05) is 0 Å². The minimum absolute atomic E-state index is 0.00187. The highest BCUT2D eigenvalue weighted by Gasteiger charge is 2.29. The SMILES string of the molecule is O=P(O)(O)OC(CC(Cl)CCl)C(Cl)CCl. The highest BCUT2D eigenvalue weighted by Crippen LogP contribution is 2.40. The molecule has 4 nitrogen and oxygen atoms in total. The lowest BCUT2D eigenvalue weighted by molar-refractivity contribution is 0.126. The molecule has 0 saturated heterocycles. The summed E-state index contributed by atoms with van der Waals surface area (Å²) in [6.45, 7) is 0. The maximum Gasteiger partial charge on any atom is 0.469 e. The van der Waals surface area contributed by atoms with Crippen LogP contribution in [0.2, 0.25) is 0 Å². The molecular weight excluding hydrogens is 309 g/mol. The molecule has 0 aromatic carbocycles. The Labute approximate surface area is 108 Å².